The fourth-order valence-corrected chi connectivity index (χ4v) is 3.34. The van der Waals surface area contributed by atoms with Crippen molar-refractivity contribution in [3.8, 4) is 5.75 Å². The zero-order chi connectivity index (χ0) is 20.6. The lowest BCUT2D eigenvalue weighted by molar-refractivity contribution is 0.0994. The van der Waals surface area contributed by atoms with E-state index in [2.05, 4.69) is 26.3 Å². The van der Waals surface area contributed by atoms with E-state index in [0.29, 0.717) is 18.0 Å². The second-order valence-electron chi connectivity index (χ2n) is 7.24. The van der Waals surface area contributed by atoms with Crippen molar-refractivity contribution in [1.29, 1.82) is 0 Å². The number of benzene rings is 1. The van der Waals surface area contributed by atoms with Gasteiger partial charge >= 0.3 is 0 Å². The zero-order valence-electron chi connectivity index (χ0n) is 16.6. The molecule has 28 heavy (non-hydrogen) atoms. The van der Waals surface area contributed by atoms with E-state index in [9.17, 15) is 9.90 Å². The number of nitrogens with one attached hydrogen (secondary N) is 1. The number of halogens is 1. The molecule has 0 aliphatic carbocycles. The minimum atomic E-state index is -0.329. The molecule has 6 nitrogen and oxygen atoms in total. The van der Waals surface area contributed by atoms with E-state index in [1.807, 2.05) is 45.4 Å². The molecule has 0 spiro atoms. The normalized spacial score (nSPS) is 11.2. The number of furan rings is 1. The Kier molecular flexibility index (Phi) is 5.65. The van der Waals surface area contributed by atoms with Crippen molar-refractivity contribution >= 4 is 27.5 Å². The topological polar surface area (TPSA) is 80.3 Å². The number of phenols is 1. The van der Waals surface area contributed by atoms with Crippen LogP contribution < -0.4 is 5.32 Å². The van der Waals surface area contributed by atoms with Crippen molar-refractivity contribution in [2.24, 2.45) is 0 Å². The Morgan fingerprint density at radius 2 is 2.00 bits per heavy atom. The Bertz CT molecular complexity index is 1030. The van der Waals surface area contributed by atoms with Crippen LogP contribution in [0.2, 0.25) is 0 Å². The van der Waals surface area contributed by atoms with E-state index < -0.39 is 0 Å². The molecule has 2 N–H and O–H groups in total. The van der Waals surface area contributed by atoms with Crippen molar-refractivity contribution in [1.82, 2.24) is 9.78 Å². The number of aryl methyl sites for hydroxylation is 2. The summed E-state index contributed by atoms with van der Waals surface area (Å²) >= 11 is 3.51. The molecule has 3 rings (SSSR count). The number of hydrogen-bond donors (Lipinski definition) is 2. The summed E-state index contributed by atoms with van der Waals surface area (Å²) in [7, 11) is 0. The molecular weight excluding hydrogens is 422 g/mol. The lowest BCUT2D eigenvalue weighted by Gasteiger charge is -2.14. The average molecular weight is 446 g/mol. The number of phenolic OH excluding ortho intramolecular Hbond substituents is 1. The van der Waals surface area contributed by atoms with E-state index in [1.165, 1.54) is 0 Å². The van der Waals surface area contributed by atoms with Gasteiger partial charge in [-0.05, 0) is 78.0 Å². The van der Waals surface area contributed by atoms with Crippen LogP contribution in [0.1, 0.15) is 58.6 Å². The van der Waals surface area contributed by atoms with Crippen LogP contribution in [0.15, 0.2) is 33.2 Å². The minimum Gasteiger partial charge on any atom is -0.508 e. The molecule has 0 unspecified atom stereocenters. The Hall–Kier alpha value is -2.54. The molecular formula is C21H24BrN3O3. The van der Waals surface area contributed by atoms with Gasteiger partial charge in [-0.25, -0.2) is 0 Å². The number of carbonyl (C=O) groups excluding carboxylic acids is 1. The molecule has 3 aromatic rings. The average Bonchev–Trinajstić information content (AvgIpc) is 3.18. The molecule has 0 radical (unpaired) electrons. The summed E-state index contributed by atoms with van der Waals surface area (Å²) < 4.78 is 8.53. The van der Waals surface area contributed by atoms with Crippen LogP contribution in [-0.2, 0) is 6.54 Å². The van der Waals surface area contributed by atoms with Crippen molar-refractivity contribution in [3.63, 3.8) is 0 Å². The number of anilines is 1. The molecule has 1 aromatic carbocycles. The molecule has 1 amide bonds. The lowest BCUT2D eigenvalue weighted by atomic mass is 9.99. The maximum Gasteiger partial charge on any atom is 0.291 e. The van der Waals surface area contributed by atoms with Crippen LogP contribution in [0, 0.1) is 20.8 Å². The van der Waals surface area contributed by atoms with Gasteiger partial charge in [0.15, 0.2) is 5.76 Å². The quantitative estimate of drug-likeness (QED) is 0.522. The van der Waals surface area contributed by atoms with Gasteiger partial charge in [0.1, 0.15) is 11.5 Å². The molecule has 2 aromatic heterocycles. The van der Waals surface area contributed by atoms with Gasteiger partial charge in [-0.15, -0.1) is 0 Å². The van der Waals surface area contributed by atoms with Crippen LogP contribution in [0.4, 0.5) is 5.69 Å². The van der Waals surface area contributed by atoms with Gasteiger partial charge in [-0.2, -0.15) is 5.10 Å². The second-order valence-corrected chi connectivity index (χ2v) is 8.04. The smallest absolute Gasteiger partial charge is 0.291 e. The van der Waals surface area contributed by atoms with Crippen molar-refractivity contribution in [3.05, 3.63) is 62.8 Å². The van der Waals surface area contributed by atoms with Gasteiger partial charge in [0.2, 0.25) is 0 Å². The number of aromatic nitrogens is 2. The molecule has 0 fully saturated rings. The largest absolute Gasteiger partial charge is 0.508 e. The predicted octanol–water partition coefficient (Wildman–Crippen LogP) is 5.29. The number of nitrogens with zero attached hydrogens (tertiary/aromatic N) is 2. The Morgan fingerprint density at radius 1 is 1.29 bits per heavy atom. The number of amides is 1. The maximum atomic E-state index is 12.6. The summed E-state index contributed by atoms with van der Waals surface area (Å²) in [5.41, 5.74) is 4.14. The highest BCUT2D eigenvalue weighted by molar-refractivity contribution is 9.10. The first kappa shape index (κ1) is 20.2. The van der Waals surface area contributed by atoms with Gasteiger partial charge in [0.25, 0.3) is 5.91 Å². The summed E-state index contributed by atoms with van der Waals surface area (Å²) in [4.78, 5) is 12.6. The van der Waals surface area contributed by atoms with Gasteiger partial charge in [-0.1, -0.05) is 13.8 Å². The second kappa shape index (κ2) is 7.83. The molecule has 148 valence electrons. The highest BCUT2D eigenvalue weighted by atomic mass is 79.9. The standard InChI is InChI=1S/C21H24BrN3O3/c1-11(2)16-9-17(12(3)8-18(16)26)23-21(27)19-7-6-15(28-19)10-25-14(5)20(22)13(4)24-25/h6-9,11,26H,10H2,1-5H3,(H,23,27). The van der Waals surface area contributed by atoms with Crippen LogP contribution in [0.3, 0.4) is 0 Å². The van der Waals surface area contributed by atoms with Gasteiger partial charge in [-0.3, -0.25) is 9.48 Å². The summed E-state index contributed by atoms with van der Waals surface area (Å²) in [5, 5.41) is 17.4. The molecule has 7 heteroatoms. The SMILES string of the molecule is Cc1cc(O)c(C(C)C)cc1NC(=O)c1ccc(Cn2nc(C)c(Br)c2C)o1. The number of hydrogen-bond acceptors (Lipinski definition) is 4. The summed E-state index contributed by atoms with van der Waals surface area (Å²) in [6.45, 7) is 10.2. The van der Waals surface area contributed by atoms with Crippen molar-refractivity contribution < 1.29 is 14.3 Å². The maximum absolute atomic E-state index is 12.6. The third-order valence-corrected chi connectivity index (χ3v) is 5.88. The highest BCUT2D eigenvalue weighted by Gasteiger charge is 2.17. The first-order chi connectivity index (χ1) is 13.2. The minimum absolute atomic E-state index is 0.145. The predicted molar refractivity (Wildman–Crippen MR) is 112 cm³/mol. The van der Waals surface area contributed by atoms with Crippen LogP contribution in [-0.4, -0.2) is 20.8 Å². The van der Waals surface area contributed by atoms with Gasteiger partial charge in [0, 0.05) is 5.69 Å². The summed E-state index contributed by atoms with van der Waals surface area (Å²) in [5.74, 6) is 0.931. The summed E-state index contributed by atoms with van der Waals surface area (Å²) in [6.07, 6.45) is 0. The lowest BCUT2D eigenvalue weighted by Crippen LogP contribution is -2.12. The van der Waals surface area contributed by atoms with Crippen LogP contribution in [0.25, 0.3) is 0 Å². The fourth-order valence-electron chi connectivity index (χ4n) is 3.05. The highest BCUT2D eigenvalue weighted by Crippen LogP contribution is 2.31. The molecule has 0 aliphatic rings. The Labute approximate surface area is 172 Å². The molecule has 0 saturated carbocycles. The van der Waals surface area contributed by atoms with Crippen LogP contribution in [0.5, 0.6) is 5.75 Å². The molecule has 0 saturated heterocycles. The number of carbonyl (C=O) groups is 1. The van der Waals surface area contributed by atoms with E-state index in [-0.39, 0.29) is 23.3 Å². The third kappa shape index (κ3) is 3.99. The van der Waals surface area contributed by atoms with E-state index in [4.69, 9.17) is 4.42 Å². The first-order valence-electron chi connectivity index (χ1n) is 9.10. The number of rotatable bonds is 5. The fraction of sp³-hybridized carbons (Fsp3) is 0.333. The molecule has 0 atom stereocenters. The van der Waals surface area contributed by atoms with Crippen molar-refractivity contribution in [2.75, 3.05) is 5.32 Å². The van der Waals surface area contributed by atoms with Crippen molar-refractivity contribution in [2.45, 2.75) is 47.1 Å². The number of aromatic hydroxyl groups is 1. The van der Waals surface area contributed by atoms with Crippen LogP contribution >= 0.6 is 15.9 Å². The Morgan fingerprint density at radius 3 is 2.61 bits per heavy atom. The third-order valence-electron chi connectivity index (χ3n) is 4.73. The van der Waals surface area contributed by atoms with Gasteiger partial charge < -0.3 is 14.8 Å². The molecule has 2 heterocycles. The van der Waals surface area contributed by atoms with E-state index in [0.717, 1.165) is 27.0 Å². The van der Waals surface area contributed by atoms with Gasteiger partial charge in [0.05, 0.1) is 22.4 Å². The molecule has 0 aliphatic heterocycles. The van der Waals surface area contributed by atoms with E-state index in [1.54, 1.807) is 18.2 Å². The Balaban J connectivity index is 1.78. The zero-order valence-corrected chi connectivity index (χ0v) is 18.2. The monoisotopic (exact) mass is 445 g/mol. The summed E-state index contributed by atoms with van der Waals surface area (Å²) in [6, 6.07) is 6.91. The molecule has 0 bridgehead atoms. The van der Waals surface area contributed by atoms with E-state index >= 15 is 0 Å². The first-order valence-corrected chi connectivity index (χ1v) is 9.89.